The van der Waals surface area contributed by atoms with Crippen LogP contribution in [0.2, 0.25) is 0 Å². The lowest BCUT2D eigenvalue weighted by molar-refractivity contribution is 0.0630. The highest BCUT2D eigenvalue weighted by molar-refractivity contribution is 5.40. The zero-order valence-electron chi connectivity index (χ0n) is 9.19. The number of benzene rings is 1. The molecule has 0 saturated carbocycles. The minimum Gasteiger partial charge on any atom is -0.486 e. The van der Waals surface area contributed by atoms with E-state index in [1.54, 1.807) is 0 Å². The highest BCUT2D eigenvalue weighted by atomic mass is 16.6. The molecule has 1 aromatic rings. The third-order valence-electron chi connectivity index (χ3n) is 2.79. The Morgan fingerprint density at radius 1 is 1.40 bits per heavy atom. The van der Waals surface area contributed by atoms with Gasteiger partial charge in [0.15, 0.2) is 11.5 Å². The van der Waals surface area contributed by atoms with Crippen LogP contribution in [0.3, 0.4) is 0 Å². The summed E-state index contributed by atoms with van der Waals surface area (Å²) < 4.78 is 11.5. The minimum absolute atomic E-state index is 0.106. The van der Waals surface area contributed by atoms with Crippen LogP contribution in [0.15, 0.2) is 24.3 Å². The Hall–Kier alpha value is -1.22. The molecule has 2 unspecified atom stereocenters. The van der Waals surface area contributed by atoms with Crippen molar-refractivity contribution in [1.82, 2.24) is 5.32 Å². The van der Waals surface area contributed by atoms with E-state index in [2.05, 4.69) is 12.2 Å². The van der Waals surface area contributed by atoms with Crippen molar-refractivity contribution in [3.8, 4) is 11.5 Å². The largest absolute Gasteiger partial charge is 0.486 e. The molecule has 1 aliphatic rings. The Balaban J connectivity index is 2.11. The van der Waals surface area contributed by atoms with Gasteiger partial charge in [0.05, 0.1) is 0 Å². The highest BCUT2D eigenvalue weighted by Gasteiger charge is 2.26. The molecule has 0 radical (unpaired) electrons. The molecule has 0 fully saturated rings. The van der Waals surface area contributed by atoms with Crippen LogP contribution in [0.5, 0.6) is 11.5 Å². The van der Waals surface area contributed by atoms with E-state index >= 15 is 0 Å². The first kappa shape index (κ1) is 10.3. The van der Waals surface area contributed by atoms with Crippen molar-refractivity contribution in [1.29, 1.82) is 0 Å². The van der Waals surface area contributed by atoms with Gasteiger partial charge in [-0.1, -0.05) is 19.1 Å². The van der Waals surface area contributed by atoms with Crippen LogP contribution in [0, 0.1) is 0 Å². The summed E-state index contributed by atoms with van der Waals surface area (Å²) in [4.78, 5) is 0. The Labute approximate surface area is 90.4 Å². The van der Waals surface area contributed by atoms with E-state index in [-0.39, 0.29) is 6.10 Å². The van der Waals surface area contributed by atoms with Gasteiger partial charge in [-0.3, -0.25) is 0 Å². The molecule has 15 heavy (non-hydrogen) atoms. The number of hydrogen-bond donors (Lipinski definition) is 1. The maximum absolute atomic E-state index is 5.89. The molecule has 2 rings (SSSR count). The number of ether oxygens (including phenoxy) is 2. The first-order chi connectivity index (χ1) is 7.35. The predicted molar refractivity (Wildman–Crippen MR) is 59.5 cm³/mol. The summed E-state index contributed by atoms with van der Waals surface area (Å²) in [5.74, 6) is 1.70. The number of nitrogens with one attached hydrogen (secondary N) is 1. The maximum atomic E-state index is 5.89. The van der Waals surface area contributed by atoms with Gasteiger partial charge in [-0.25, -0.2) is 0 Å². The van der Waals surface area contributed by atoms with E-state index in [0.717, 1.165) is 17.9 Å². The fourth-order valence-electron chi connectivity index (χ4n) is 1.89. The number of rotatable bonds is 3. The molecule has 82 valence electrons. The average Bonchev–Trinajstić information content (AvgIpc) is 2.30. The van der Waals surface area contributed by atoms with E-state index in [4.69, 9.17) is 9.47 Å². The number of para-hydroxylation sites is 2. The van der Waals surface area contributed by atoms with Gasteiger partial charge < -0.3 is 14.8 Å². The standard InChI is InChI=1S/C12H17NO2/c1-3-9(13-2)12-8-14-10-6-4-5-7-11(10)15-12/h4-7,9,12-13H,3,8H2,1-2H3. The second kappa shape index (κ2) is 4.53. The van der Waals surface area contributed by atoms with E-state index in [1.165, 1.54) is 0 Å². The molecule has 0 aliphatic carbocycles. The van der Waals surface area contributed by atoms with Crippen molar-refractivity contribution >= 4 is 0 Å². The molecule has 1 aromatic carbocycles. The van der Waals surface area contributed by atoms with Crippen molar-refractivity contribution in [2.24, 2.45) is 0 Å². The van der Waals surface area contributed by atoms with Crippen LogP contribution >= 0.6 is 0 Å². The zero-order valence-corrected chi connectivity index (χ0v) is 9.19. The summed E-state index contributed by atoms with van der Waals surface area (Å²) in [6, 6.07) is 8.15. The lowest BCUT2D eigenvalue weighted by Gasteiger charge is -2.31. The van der Waals surface area contributed by atoms with Gasteiger partial charge in [0, 0.05) is 6.04 Å². The second-order valence-corrected chi connectivity index (χ2v) is 3.72. The van der Waals surface area contributed by atoms with Gasteiger partial charge in [0.25, 0.3) is 0 Å². The summed E-state index contributed by atoms with van der Waals surface area (Å²) in [5.41, 5.74) is 0. The SMILES string of the molecule is CCC(NC)C1COc2ccccc2O1. The molecule has 1 heterocycles. The van der Waals surface area contributed by atoms with Crippen molar-refractivity contribution in [3.63, 3.8) is 0 Å². The zero-order chi connectivity index (χ0) is 10.7. The van der Waals surface area contributed by atoms with Crippen molar-refractivity contribution in [3.05, 3.63) is 24.3 Å². The second-order valence-electron chi connectivity index (χ2n) is 3.72. The molecular formula is C12H17NO2. The predicted octanol–water partition coefficient (Wildman–Crippen LogP) is 1.82. The Bertz CT molecular complexity index is 323. The number of hydrogen-bond acceptors (Lipinski definition) is 3. The third-order valence-corrected chi connectivity index (χ3v) is 2.79. The molecular weight excluding hydrogens is 190 g/mol. The molecule has 0 bridgehead atoms. The van der Waals surface area contributed by atoms with Gasteiger partial charge in [-0.05, 0) is 25.6 Å². The van der Waals surface area contributed by atoms with Crippen molar-refractivity contribution in [2.75, 3.05) is 13.7 Å². The Kier molecular flexibility index (Phi) is 3.11. The summed E-state index contributed by atoms with van der Waals surface area (Å²) in [5, 5.41) is 3.25. The van der Waals surface area contributed by atoms with Crippen LogP contribution in [-0.4, -0.2) is 25.8 Å². The van der Waals surface area contributed by atoms with Crippen LogP contribution in [0.4, 0.5) is 0 Å². The van der Waals surface area contributed by atoms with Gasteiger partial charge >= 0.3 is 0 Å². The lowest BCUT2D eigenvalue weighted by Crippen LogP contribution is -2.46. The first-order valence-corrected chi connectivity index (χ1v) is 5.41. The van der Waals surface area contributed by atoms with Crippen molar-refractivity contribution < 1.29 is 9.47 Å². The molecule has 1 aliphatic heterocycles. The van der Waals surface area contributed by atoms with Crippen LogP contribution in [0.25, 0.3) is 0 Å². The molecule has 0 aromatic heterocycles. The van der Waals surface area contributed by atoms with E-state index < -0.39 is 0 Å². The highest BCUT2D eigenvalue weighted by Crippen LogP contribution is 2.31. The summed E-state index contributed by atoms with van der Waals surface area (Å²) in [6.07, 6.45) is 1.14. The Morgan fingerprint density at radius 2 is 2.13 bits per heavy atom. The minimum atomic E-state index is 0.106. The molecule has 2 atom stereocenters. The molecule has 3 nitrogen and oxygen atoms in total. The van der Waals surface area contributed by atoms with Gasteiger partial charge in [-0.2, -0.15) is 0 Å². The summed E-state index contributed by atoms with van der Waals surface area (Å²) in [6.45, 7) is 2.77. The summed E-state index contributed by atoms with van der Waals surface area (Å²) in [7, 11) is 1.96. The molecule has 3 heteroatoms. The quantitative estimate of drug-likeness (QED) is 0.820. The lowest BCUT2D eigenvalue weighted by atomic mass is 10.1. The maximum Gasteiger partial charge on any atom is 0.161 e. The van der Waals surface area contributed by atoms with Crippen LogP contribution in [-0.2, 0) is 0 Å². The molecule has 0 spiro atoms. The number of fused-ring (bicyclic) bond motifs is 1. The van der Waals surface area contributed by atoms with E-state index in [1.807, 2.05) is 31.3 Å². The fraction of sp³-hybridized carbons (Fsp3) is 0.500. The summed E-state index contributed by atoms with van der Waals surface area (Å²) >= 11 is 0. The first-order valence-electron chi connectivity index (χ1n) is 5.41. The van der Waals surface area contributed by atoms with Gasteiger partial charge in [0.1, 0.15) is 12.7 Å². The van der Waals surface area contributed by atoms with Crippen LogP contribution < -0.4 is 14.8 Å². The monoisotopic (exact) mass is 207 g/mol. The van der Waals surface area contributed by atoms with Gasteiger partial charge in [-0.15, -0.1) is 0 Å². The average molecular weight is 207 g/mol. The van der Waals surface area contributed by atoms with Gasteiger partial charge in [0.2, 0.25) is 0 Å². The topological polar surface area (TPSA) is 30.5 Å². The molecule has 1 N–H and O–H groups in total. The third kappa shape index (κ3) is 2.07. The van der Waals surface area contributed by atoms with Crippen LogP contribution in [0.1, 0.15) is 13.3 Å². The normalized spacial score (nSPS) is 21.1. The van der Waals surface area contributed by atoms with E-state index in [9.17, 15) is 0 Å². The van der Waals surface area contributed by atoms with Crippen molar-refractivity contribution in [2.45, 2.75) is 25.5 Å². The smallest absolute Gasteiger partial charge is 0.161 e. The molecule has 0 amide bonds. The molecule has 0 saturated heterocycles. The fourth-order valence-corrected chi connectivity index (χ4v) is 1.89. The number of likely N-dealkylation sites (N-methyl/N-ethyl adjacent to an activating group) is 1. The van der Waals surface area contributed by atoms with E-state index in [0.29, 0.717) is 12.6 Å². The Morgan fingerprint density at radius 3 is 2.80 bits per heavy atom.